The molecule has 9 heteroatoms. The zero-order chi connectivity index (χ0) is 20.7. The lowest BCUT2D eigenvalue weighted by atomic mass is 10.1. The third-order valence-electron chi connectivity index (χ3n) is 3.46. The van der Waals surface area contributed by atoms with Gasteiger partial charge in [-0.2, -0.15) is 13.2 Å². The molecule has 0 fully saturated rings. The molecule has 0 aliphatic heterocycles. The molecule has 0 saturated heterocycles. The first kappa shape index (κ1) is 20.9. The van der Waals surface area contributed by atoms with Crippen molar-refractivity contribution in [1.82, 2.24) is 0 Å². The van der Waals surface area contributed by atoms with E-state index in [1.807, 2.05) is 0 Å². The van der Waals surface area contributed by atoms with Crippen LogP contribution < -0.4 is 5.32 Å². The second kappa shape index (κ2) is 9.03. The topological polar surface area (TPSA) is 81.7 Å². The average molecular weight is 395 g/mol. The SMILES string of the molecule is CCOC(=O)c1ccccc1NC(=O)COC(=O)c1cccc(C(F)(F)F)c1. The van der Waals surface area contributed by atoms with Crippen molar-refractivity contribution in [2.45, 2.75) is 13.1 Å². The molecule has 28 heavy (non-hydrogen) atoms. The first-order valence-electron chi connectivity index (χ1n) is 8.12. The molecular weight excluding hydrogens is 379 g/mol. The van der Waals surface area contributed by atoms with Crippen molar-refractivity contribution in [3.05, 3.63) is 65.2 Å². The van der Waals surface area contributed by atoms with Crippen molar-refractivity contribution in [3.63, 3.8) is 0 Å². The molecule has 2 aromatic carbocycles. The first-order chi connectivity index (χ1) is 13.2. The van der Waals surface area contributed by atoms with Crippen molar-refractivity contribution in [1.29, 1.82) is 0 Å². The molecule has 1 N–H and O–H groups in total. The summed E-state index contributed by atoms with van der Waals surface area (Å²) in [5.74, 6) is -2.49. The smallest absolute Gasteiger partial charge is 0.416 e. The van der Waals surface area contributed by atoms with Gasteiger partial charge in [-0.25, -0.2) is 9.59 Å². The van der Waals surface area contributed by atoms with Crippen LogP contribution in [0.4, 0.5) is 18.9 Å². The zero-order valence-electron chi connectivity index (χ0n) is 14.7. The van der Waals surface area contributed by atoms with Crippen molar-refractivity contribution < 1.29 is 37.0 Å². The average Bonchev–Trinajstić information content (AvgIpc) is 2.66. The summed E-state index contributed by atoms with van der Waals surface area (Å²) in [6, 6.07) is 9.72. The summed E-state index contributed by atoms with van der Waals surface area (Å²) >= 11 is 0. The molecule has 0 aliphatic rings. The molecular formula is C19H16F3NO5. The molecule has 0 atom stereocenters. The maximum absolute atomic E-state index is 12.7. The van der Waals surface area contributed by atoms with Gasteiger partial charge in [0.2, 0.25) is 0 Å². The highest BCUT2D eigenvalue weighted by Gasteiger charge is 2.31. The largest absolute Gasteiger partial charge is 0.462 e. The number of hydrogen-bond donors (Lipinski definition) is 1. The number of hydrogen-bond acceptors (Lipinski definition) is 5. The van der Waals surface area contributed by atoms with Gasteiger partial charge >= 0.3 is 18.1 Å². The molecule has 0 radical (unpaired) electrons. The molecule has 0 aromatic heterocycles. The Hall–Kier alpha value is -3.36. The monoisotopic (exact) mass is 395 g/mol. The number of benzene rings is 2. The molecule has 2 rings (SSSR count). The fourth-order valence-corrected chi connectivity index (χ4v) is 2.20. The van der Waals surface area contributed by atoms with Crippen molar-refractivity contribution in [3.8, 4) is 0 Å². The van der Waals surface area contributed by atoms with Crippen LogP contribution in [0.5, 0.6) is 0 Å². The Balaban J connectivity index is 2.00. The molecule has 1 amide bonds. The van der Waals surface area contributed by atoms with Crippen LogP contribution in [0.1, 0.15) is 33.2 Å². The minimum Gasteiger partial charge on any atom is -0.462 e. The number of nitrogens with one attached hydrogen (secondary N) is 1. The maximum atomic E-state index is 12.7. The van der Waals surface area contributed by atoms with E-state index >= 15 is 0 Å². The Labute approximate surface area is 158 Å². The first-order valence-corrected chi connectivity index (χ1v) is 8.12. The summed E-state index contributed by atoms with van der Waals surface area (Å²) in [5.41, 5.74) is -1.08. The molecule has 2 aromatic rings. The van der Waals surface area contributed by atoms with E-state index in [-0.39, 0.29) is 23.4 Å². The van der Waals surface area contributed by atoms with Gasteiger partial charge in [0.05, 0.1) is 29.0 Å². The number of halogens is 3. The van der Waals surface area contributed by atoms with Gasteiger partial charge < -0.3 is 14.8 Å². The molecule has 0 heterocycles. The molecule has 0 bridgehead atoms. The van der Waals surface area contributed by atoms with E-state index in [1.165, 1.54) is 12.1 Å². The summed E-state index contributed by atoms with van der Waals surface area (Å²) in [5, 5.41) is 2.40. The van der Waals surface area contributed by atoms with Gasteiger partial charge in [-0.15, -0.1) is 0 Å². The fourth-order valence-electron chi connectivity index (χ4n) is 2.20. The Morgan fingerprint density at radius 2 is 1.68 bits per heavy atom. The van der Waals surface area contributed by atoms with Gasteiger partial charge in [0, 0.05) is 0 Å². The van der Waals surface area contributed by atoms with Crippen LogP contribution in [0.25, 0.3) is 0 Å². The van der Waals surface area contributed by atoms with Crippen LogP contribution in [0.3, 0.4) is 0 Å². The maximum Gasteiger partial charge on any atom is 0.416 e. The van der Waals surface area contributed by atoms with E-state index in [0.29, 0.717) is 6.07 Å². The predicted molar refractivity (Wildman–Crippen MR) is 92.8 cm³/mol. The van der Waals surface area contributed by atoms with Crippen LogP contribution in [-0.2, 0) is 20.4 Å². The summed E-state index contributed by atoms with van der Waals surface area (Å²) < 4.78 is 47.7. The number of carbonyl (C=O) groups excluding carboxylic acids is 3. The van der Waals surface area contributed by atoms with E-state index in [0.717, 1.165) is 18.2 Å². The molecule has 148 valence electrons. The van der Waals surface area contributed by atoms with E-state index < -0.39 is 36.2 Å². The molecule has 0 saturated carbocycles. The molecule has 0 aliphatic carbocycles. The highest BCUT2D eigenvalue weighted by Crippen LogP contribution is 2.29. The van der Waals surface area contributed by atoms with Gasteiger partial charge in [-0.1, -0.05) is 18.2 Å². The van der Waals surface area contributed by atoms with Crippen LogP contribution in [0.15, 0.2) is 48.5 Å². The van der Waals surface area contributed by atoms with E-state index in [4.69, 9.17) is 9.47 Å². The van der Waals surface area contributed by atoms with Gasteiger partial charge in [0.25, 0.3) is 5.91 Å². The lowest BCUT2D eigenvalue weighted by molar-refractivity contribution is -0.137. The minimum absolute atomic E-state index is 0.113. The zero-order valence-corrected chi connectivity index (χ0v) is 14.7. The van der Waals surface area contributed by atoms with Gasteiger partial charge in [0.1, 0.15) is 0 Å². The number of esters is 2. The molecule has 0 unspecified atom stereocenters. The molecule has 0 spiro atoms. The summed E-state index contributed by atoms with van der Waals surface area (Å²) in [4.78, 5) is 35.7. The molecule has 6 nitrogen and oxygen atoms in total. The second-order valence-electron chi connectivity index (χ2n) is 5.47. The fraction of sp³-hybridized carbons (Fsp3) is 0.211. The van der Waals surface area contributed by atoms with Crippen LogP contribution >= 0.6 is 0 Å². The Kier molecular flexibility index (Phi) is 6.75. The van der Waals surface area contributed by atoms with Gasteiger partial charge in [0.15, 0.2) is 6.61 Å². The quantitative estimate of drug-likeness (QED) is 0.755. The van der Waals surface area contributed by atoms with E-state index in [2.05, 4.69) is 5.32 Å². The lowest BCUT2D eigenvalue weighted by Crippen LogP contribution is -2.22. The minimum atomic E-state index is -4.61. The highest BCUT2D eigenvalue weighted by atomic mass is 19.4. The van der Waals surface area contributed by atoms with Gasteiger partial charge in [-0.3, -0.25) is 4.79 Å². The summed E-state index contributed by atoms with van der Waals surface area (Å²) in [6.07, 6.45) is -4.61. The van der Waals surface area contributed by atoms with Crippen molar-refractivity contribution in [2.24, 2.45) is 0 Å². The Bertz CT molecular complexity index is 880. The van der Waals surface area contributed by atoms with Crippen LogP contribution in [-0.4, -0.2) is 31.1 Å². The number of alkyl halides is 3. The third kappa shape index (κ3) is 5.57. The van der Waals surface area contributed by atoms with Crippen LogP contribution in [0.2, 0.25) is 0 Å². The standard InChI is InChI=1S/C19H16F3NO5/c1-2-27-18(26)14-8-3-4-9-15(14)23-16(24)11-28-17(25)12-6-5-7-13(10-12)19(20,21)22/h3-10H,2,11H2,1H3,(H,23,24). The Morgan fingerprint density at radius 1 is 0.964 bits per heavy atom. The highest BCUT2D eigenvalue weighted by molar-refractivity contribution is 6.02. The number of anilines is 1. The predicted octanol–water partition coefficient (Wildman–Crippen LogP) is 3.68. The summed E-state index contributed by atoms with van der Waals surface area (Å²) in [6.45, 7) is 1.04. The normalized spacial score (nSPS) is 10.9. The summed E-state index contributed by atoms with van der Waals surface area (Å²) in [7, 11) is 0. The number of rotatable bonds is 6. The van der Waals surface area contributed by atoms with E-state index in [1.54, 1.807) is 19.1 Å². The number of ether oxygens (including phenoxy) is 2. The second-order valence-corrected chi connectivity index (χ2v) is 5.47. The number of amides is 1. The van der Waals surface area contributed by atoms with Crippen molar-refractivity contribution in [2.75, 3.05) is 18.5 Å². The third-order valence-corrected chi connectivity index (χ3v) is 3.46. The number of para-hydroxylation sites is 1. The van der Waals surface area contributed by atoms with E-state index in [9.17, 15) is 27.6 Å². The Morgan fingerprint density at radius 3 is 2.36 bits per heavy atom. The van der Waals surface area contributed by atoms with Crippen molar-refractivity contribution >= 4 is 23.5 Å². The van der Waals surface area contributed by atoms with Gasteiger partial charge in [-0.05, 0) is 37.3 Å². The number of carbonyl (C=O) groups is 3. The van der Waals surface area contributed by atoms with Crippen LogP contribution in [0, 0.1) is 0 Å². The lowest BCUT2D eigenvalue weighted by Gasteiger charge is -2.11.